The van der Waals surface area contributed by atoms with Crippen molar-refractivity contribution in [3.63, 3.8) is 0 Å². The summed E-state index contributed by atoms with van der Waals surface area (Å²) < 4.78 is 48.7. The van der Waals surface area contributed by atoms with E-state index in [4.69, 9.17) is 10.2 Å². The fraction of sp³-hybridized carbons (Fsp3) is 0.300. The molecule has 0 saturated carbocycles. The summed E-state index contributed by atoms with van der Waals surface area (Å²) >= 11 is 0. The van der Waals surface area contributed by atoms with Crippen molar-refractivity contribution in [2.45, 2.75) is 18.4 Å². The standard InChI is InChI=1S/C10H9F4NO3/c11-6-1-3-7(4-2-6)15-8(16)5-9(17,18)10(12,13)14/h1-4,17-18H,5H2,(H,15,16). The van der Waals surface area contributed by atoms with Crippen molar-refractivity contribution in [2.24, 2.45) is 0 Å². The van der Waals surface area contributed by atoms with Crippen molar-refractivity contribution in [1.82, 2.24) is 0 Å². The summed E-state index contributed by atoms with van der Waals surface area (Å²) in [6.45, 7) is 0. The van der Waals surface area contributed by atoms with Gasteiger partial charge in [-0.2, -0.15) is 13.2 Å². The predicted molar refractivity (Wildman–Crippen MR) is 52.9 cm³/mol. The highest BCUT2D eigenvalue weighted by Crippen LogP contribution is 2.30. The number of carbonyl (C=O) groups is 1. The summed E-state index contributed by atoms with van der Waals surface area (Å²) in [4.78, 5) is 11.1. The van der Waals surface area contributed by atoms with Gasteiger partial charge in [0.2, 0.25) is 5.91 Å². The molecule has 100 valence electrons. The molecule has 0 fully saturated rings. The summed E-state index contributed by atoms with van der Waals surface area (Å²) in [5.41, 5.74) is 0.0411. The van der Waals surface area contributed by atoms with E-state index in [0.717, 1.165) is 24.3 Å². The molecule has 3 N–H and O–H groups in total. The lowest BCUT2D eigenvalue weighted by atomic mass is 10.1. The van der Waals surface area contributed by atoms with Gasteiger partial charge in [-0.05, 0) is 24.3 Å². The van der Waals surface area contributed by atoms with E-state index in [0.29, 0.717) is 0 Å². The molecule has 4 nitrogen and oxygen atoms in total. The molecule has 0 radical (unpaired) electrons. The average molecular weight is 267 g/mol. The monoisotopic (exact) mass is 267 g/mol. The fourth-order valence-corrected chi connectivity index (χ4v) is 1.06. The van der Waals surface area contributed by atoms with Gasteiger partial charge in [0.15, 0.2) is 0 Å². The molecule has 0 aliphatic carbocycles. The van der Waals surface area contributed by atoms with Crippen LogP contribution in [0.4, 0.5) is 23.2 Å². The van der Waals surface area contributed by atoms with E-state index >= 15 is 0 Å². The molecule has 1 aromatic carbocycles. The maximum Gasteiger partial charge on any atom is 0.443 e. The molecule has 0 atom stereocenters. The molecule has 1 aromatic rings. The minimum atomic E-state index is -5.34. The maximum atomic E-state index is 12.5. The minimum Gasteiger partial charge on any atom is -0.358 e. The summed E-state index contributed by atoms with van der Waals surface area (Å²) in [7, 11) is 0. The number of aliphatic hydroxyl groups is 2. The van der Waals surface area contributed by atoms with Crippen molar-refractivity contribution >= 4 is 11.6 Å². The third kappa shape index (κ3) is 3.67. The number of hydrogen-bond acceptors (Lipinski definition) is 3. The molecule has 0 aliphatic heterocycles. The van der Waals surface area contributed by atoms with Gasteiger partial charge in [0.1, 0.15) is 5.82 Å². The first kappa shape index (κ1) is 14.4. The third-order valence-electron chi connectivity index (χ3n) is 1.99. The highest BCUT2D eigenvalue weighted by atomic mass is 19.4. The Morgan fingerprint density at radius 1 is 1.17 bits per heavy atom. The van der Waals surface area contributed by atoms with Gasteiger partial charge in [-0.1, -0.05) is 0 Å². The number of rotatable bonds is 3. The maximum absolute atomic E-state index is 12.5. The van der Waals surface area contributed by atoms with E-state index in [1.54, 1.807) is 0 Å². The molecule has 0 bridgehead atoms. The Morgan fingerprint density at radius 3 is 2.11 bits per heavy atom. The lowest BCUT2D eigenvalue weighted by Gasteiger charge is -2.23. The molecule has 8 heteroatoms. The number of carbonyl (C=O) groups excluding carboxylic acids is 1. The van der Waals surface area contributed by atoms with Gasteiger partial charge in [-0.15, -0.1) is 0 Å². The van der Waals surface area contributed by atoms with E-state index in [9.17, 15) is 22.4 Å². The second-order valence-electron chi connectivity index (χ2n) is 3.55. The lowest BCUT2D eigenvalue weighted by Crippen LogP contribution is -2.47. The van der Waals surface area contributed by atoms with Gasteiger partial charge in [0, 0.05) is 5.69 Å². The Hall–Kier alpha value is -1.67. The second kappa shape index (κ2) is 4.91. The van der Waals surface area contributed by atoms with Crippen LogP contribution in [0.1, 0.15) is 6.42 Å². The first-order chi connectivity index (χ1) is 8.12. The first-order valence-corrected chi connectivity index (χ1v) is 4.69. The molecule has 0 saturated heterocycles. The summed E-state index contributed by atoms with van der Waals surface area (Å²) in [5.74, 6) is -5.94. The largest absolute Gasteiger partial charge is 0.443 e. The van der Waals surface area contributed by atoms with Gasteiger partial charge in [0.25, 0.3) is 5.79 Å². The molecule has 0 heterocycles. The Morgan fingerprint density at radius 2 is 1.67 bits per heavy atom. The van der Waals surface area contributed by atoms with Gasteiger partial charge in [-0.25, -0.2) is 4.39 Å². The van der Waals surface area contributed by atoms with Crippen molar-refractivity contribution in [3.8, 4) is 0 Å². The average Bonchev–Trinajstić information content (AvgIpc) is 2.19. The predicted octanol–water partition coefficient (Wildman–Crippen LogP) is 1.40. The van der Waals surface area contributed by atoms with Crippen LogP contribution in [0, 0.1) is 5.82 Å². The number of hydrogen-bond donors (Lipinski definition) is 3. The van der Waals surface area contributed by atoms with Crippen molar-refractivity contribution in [2.75, 3.05) is 5.32 Å². The molecular formula is C10H9F4NO3. The van der Waals surface area contributed by atoms with E-state index in [1.807, 2.05) is 5.32 Å². The quantitative estimate of drug-likeness (QED) is 0.572. The summed E-state index contributed by atoms with van der Waals surface area (Å²) in [6.07, 6.45) is -6.92. The Bertz CT molecular complexity index is 428. The molecule has 0 spiro atoms. The molecule has 1 amide bonds. The van der Waals surface area contributed by atoms with Crippen LogP contribution in [0.25, 0.3) is 0 Å². The smallest absolute Gasteiger partial charge is 0.358 e. The minimum absolute atomic E-state index is 0.0411. The van der Waals surface area contributed by atoms with E-state index in [1.165, 1.54) is 0 Å². The first-order valence-electron chi connectivity index (χ1n) is 4.69. The Balaban J connectivity index is 2.65. The van der Waals surface area contributed by atoms with E-state index < -0.39 is 30.1 Å². The van der Waals surface area contributed by atoms with Crippen LogP contribution in [0.3, 0.4) is 0 Å². The number of nitrogens with one attached hydrogen (secondary N) is 1. The highest BCUT2D eigenvalue weighted by Gasteiger charge is 2.54. The van der Waals surface area contributed by atoms with Crippen LogP contribution in [0.5, 0.6) is 0 Å². The molecule has 0 aliphatic rings. The SMILES string of the molecule is O=C(CC(O)(O)C(F)(F)F)Nc1ccc(F)cc1. The normalized spacial score (nSPS) is 12.3. The van der Waals surface area contributed by atoms with Crippen molar-refractivity contribution in [3.05, 3.63) is 30.1 Å². The van der Waals surface area contributed by atoms with E-state index in [2.05, 4.69) is 0 Å². The van der Waals surface area contributed by atoms with Gasteiger partial charge >= 0.3 is 6.18 Å². The lowest BCUT2D eigenvalue weighted by molar-refractivity contribution is -0.347. The summed E-state index contributed by atoms with van der Waals surface area (Å²) in [5, 5.41) is 19.3. The van der Waals surface area contributed by atoms with Gasteiger partial charge in [0.05, 0.1) is 6.42 Å². The number of benzene rings is 1. The number of anilines is 1. The van der Waals surface area contributed by atoms with Gasteiger partial charge in [-0.3, -0.25) is 4.79 Å². The molecule has 0 aromatic heterocycles. The van der Waals surface area contributed by atoms with Crippen LogP contribution in [-0.4, -0.2) is 28.1 Å². The summed E-state index contributed by atoms with van der Waals surface area (Å²) in [6, 6.07) is 4.23. The van der Waals surface area contributed by atoms with Crippen LogP contribution in [0.2, 0.25) is 0 Å². The van der Waals surface area contributed by atoms with Crippen molar-refractivity contribution in [1.29, 1.82) is 0 Å². The second-order valence-corrected chi connectivity index (χ2v) is 3.55. The zero-order valence-corrected chi connectivity index (χ0v) is 8.83. The zero-order valence-electron chi connectivity index (χ0n) is 8.83. The van der Waals surface area contributed by atoms with Crippen LogP contribution < -0.4 is 5.32 Å². The molecule has 18 heavy (non-hydrogen) atoms. The number of amides is 1. The molecule has 0 unspecified atom stereocenters. The van der Waals surface area contributed by atoms with Gasteiger partial charge < -0.3 is 15.5 Å². The van der Waals surface area contributed by atoms with Crippen LogP contribution >= 0.6 is 0 Å². The van der Waals surface area contributed by atoms with E-state index in [-0.39, 0.29) is 5.69 Å². The third-order valence-corrected chi connectivity index (χ3v) is 1.99. The molecular weight excluding hydrogens is 258 g/mol. The fourth-order valence-electron chi connectivity index (χ4n) is 1.06. The van der Waals surface area contributed by atoms with Crippen molar-refractivity contribution < 1.29 is 32.6 Å². The topological polar surface area (TPSA) is 69.6 Å². The molecule has 1 rings (SSSR count). The van der Waals surface area contributed by atoms with Crippen LogP contribution in [-0.2, 0) is 4.79 Å². The number of halogens is 4. The van der Waals surface area contributed by atoms with Crippen LogP contribution in [0.15, 0.2) is 24.3 Å². The Kier molecular flexibility index (Phi) is 3.92. The Labute approximate surface area is 98.9 Å². The highest BCUT2D eigenvalue weighted by molar-refractivity contribution is 5.91. The zero-order chi connectivity index (χ0) is 14.0. The number of alkyl halides is 3.